The first-order chi connectivity index (χ1) is 10.6. The Balaban J connectivity index is 1.76. The number of rotatable bonds is 5. The summed E-state index contributed by atoms with van der Waals surface area (Å²) in [5.41, 5.74) is 0.00633. The maximum absolute atomic E-state index is 12.7. The Bertz CT molecular complexity index is 540. The van der Waals surface area contributed by atoms with Crippen LogP contribution in [0.1, 0.15) is 59.4 Å². The van der Waals surface area contributed by atoms with Crippen LogP contribution in [0.2, 0.25) is 0 Å². The molecule has 1 atom stereocenters. The second-order valence-corrected chi connectivity index (χ2v) is 6.04. The van der Waals surface area contributed by atoms with Crippen LogP contribution in [0, 0.1) is 0 Å². The summed E-state index contributed by atoms with van der Waals surface area (Å²) in [5.74, 6) is -1.22. The molecule has 3 rings (SSSR count). The summed E-state index contributed by atoms with van der Waals surface area (Å²) in [6.45, 7) is 1.31. The zero-order valence-electron chi connectivity index (χ0n) is 12.5. The number of hydrogen-bond donors (Lipinski definition) is 1. The van der Waals surface area contributed by atoms with E-state index in [0.29, 0.717) is 6.54 Å². The Labute approximate surface area is 129 Å². The molecule has 0 aromatic carbocycles. The van der Waals surface area contributed by atoms with Gasteiger partial charge in [0.05, 0.1) is 11.7 Å². The van der Waals surface area contributed by atoms with E-state index in [1.54, 1.807) is 0 Å². The standard InChI is InChI=1S/C16H21NO5/c18-15(14-8-11(10-22-14)16(19)20)17(12-4-1-2-5-12)9-13-6-3-7-21-13/h8,10,12-13H,1-7,9H2,(H,19,20). The first kappa shape index (κ1) is 15.1. The van der Waals surface area contributed by atoms with Gasteiger partial charge in [-0.1, -0.05) is 12.8 Å². The lowest BCUT2D eigenvalue weighted by atomic mass is 10.1. The predicted octanol–water partition coefficient (Wildman–Crippen LogP) is 2.54. The number of aromatic carboxylic acids is 1. The van der Waals surface area contributed by atoms with Gasteiger partial charge in [-0.15, -0.1) is 0 Å². The van der Waals surface area contributed by atoms with Crippen molar-refractivity contribution < 1.29 is 23.8 Å². The van der Waals surface area contributed by atoms with E-state index >= 15 is 0 Å². The molecule has 0 radical (unpaired) electrons. The minimum Gasteiger partial charge on any atom is -0.478 e. The normalized spacial score (nSPS) is 22.1. The van der Waals surface area contributed by atoms with Crippen molar-refractivity contribution in [3.8, 4) is 0 Å². The summed E-state index contributed by atoms with van der Waals surface area (Å²) in [4.78, 5) is 25.5. The predicted molar refractivity (Wildman–Crippen MR) is 77.9 cm³/mol. The summed E-state index contributed by atoms with van der Waals surface area (Å²) in [6, 6.07) is 1.51. The summed E-state index contributed by atoms with van der Waals surface area (Å²) in [6.07, 6.45) is 7.43. The molecule has 22 heavy (non-hydrogen) atoms. The number of furan rings is 1. The summed E-state index contributed by atoms with van der Waals surface area (Å²) in [7, 11) is 0. The van der Waals surface area contributed by atoms with Gasteiger partial charge < -0.3 is 19.2 Å². The molecule has 2 aliphatic rings. The molecule has 6 nitrogen and oxygen atoms in total. The van der Waals surface area contributed by atoms with Gasteiger partial charge in [0.25, 0.3) is 5.91 Å². The molecule has 6 heteroatoms. The SMILES string of the molecule is O=C(O)c1coc(C(=O)N(CC2CCCO2)C2CCCC2)c1. The van der Waals surface area contributed by atoms with E-state index in [1.807, 2.05) is 4.90 Å². The molecule has 2 heterocycles. The van der Waals surface area contributed by atoms with Crippen LogP contribution in [-0.4, -0.2) is 47.2 Å². The van der Waals surface area contributed by atoms with Crippen LogP contribution in [0.15, 0.2) is 16.7 Å². The maximum atomic E-state index is 12.7. The number of nitrogens with zero attached hydrogens (tertiary/aromatic N) is 1. The average Bonchev–Trinajstić information content (AvgIpc) is 3.24. The van der Waals surface area contributed by atoms with Crippen molar-refractivity contribution >= 4 is 11.9 Å². The van der Waals surface area contributed by atoms with Crippen molar-refractivity contribution in [2.24, 2.45) is 0 Å². The van der Waals surface area contributed by atoms with Crippen LogP contribution in [0.25, 0.3) is 0 Å². The third-order valence-corrected chi connectivity index (χ3v) is 4.51. The monoisotopic (exact) mass is 307 g/mol. The van der Waals surface area contributed by atoms with Crippen molar-refractivity contribution in [1.29, 1.82) is 0 Å². The molecule has 120 valence electrons. The van der Waals surface area contributed by atoms with Crippen LogP contribution in [0.4, 0.5) is 0 Å². The topological polar surface area (TPSA) is 80.0 Å². The highest BCUT2D eigenvalue weighted by Gasteiger charge is 2.32. The van der Waals surface area contributed by atoms with Crippen molar-refractivity contribution in [3.05, 3.63) is 23.7 Å². The molecule has 1 N–H and O–H groups in total. The first-order valence-electron chi connectivity index (χ1n) is 7.89. The molecular formula is C16H21NO5. The second kappa shape index (κ2) is 6.52. The van der Waals surface area contributed by atoms with Crippen molar-refractivity contribution in [2.75, 3.05) is 13.2 Å². The van der Waals surface area contributed by atoms with E-state index in [4.69, 9.17) is 14.3 Å². The van der Waals surface area contributed by atoms with Crippen LogP contribution in [0.3, 0.4) is 0 Å². The largest absolute Gasteiger partial charge is 0.478 e. The van der Waals surface area contributed by atoms with Gasteiger partial charge in [-0.2, -0.15) is 0 Å². The van der Waals surface area contributed by atoms with E-state index in [2.05, 4.69) is 0 Å². The molecule has 1 unspecified atom stereocenters. The van der Waals surface area contributed by atoms with Crippen molar-refractivity contribution in [1.82, 2.24) is 4.90 Å². The Morgan fingerprint density at radius 2 is 2.00 bits per heavy atom. The number of carbonyl (C=O) groups excluding carboxylic acids is 1. The van der Waals surface area contributed by atoms with Crippen LogP contribution < -0.4 is 0 Å². The van der Waals surface area contributed by atoms with E-state index in [1.165, 1.54) is 6.07 Å². The summed E-state index contributed by atoms with van der Waals surface area (Å²) < 4.78 is 10.8. The smallest absolute Gasteiger partial charge is 0.338 e. The highest BCUT2D eigenvalue weighted by atomic mass is 16.5. The fraction of sp³-hybridized carbons (Fsp3) is 0.625. The van der Waals surface area contributed by atoms with Crippen LogP contribution in [0.5, 0.6) is 0 Å². The van der Waals surface area contributed by atoms with Gasteiger partial charge in [0, 0.05) is 25.3 Å². The average molecular weight is 307 g/mol. The van der Waals surface area contributed by atoms with Gasteiger partial charge in [0.15, 0.2) is 5.76 Å². The zero-order chi connectivity index (χ0) is 15.5. The summed E-state index contributed by atoms with van der Waals surface area (Å²) in [5, 5.41) is 8.95. The fourth-order valence-corrected chi connectivity index (χ4v) is 3.32. The van der Waals surface area contributed by atoms with Gasteiger partial charge >= 0.3 is 5.97 Å². The van der Waals surface area contributed by atoms with Gasteiger partial charge in [0.2, 0.25) is 0 Å². The number of carboxylic acid groups (broad SMARTS) is 1. The molecule has 1 aromatic rings. The van der Waals surface area contributed by atoms with Crippen molar-refractivity contribution in [3.63, 3.8) is 0 Å². The Morgan fingerprint density at radius 1 is 1.23 bits per heavy atom. The molecule has 1 aliphatic heterocycles. The van der Waals surface area contributed by atoms with Gasteiger partial charge in [-0.05, 0) is 25.7 Å². The minimum absolute atomic E-state index is 0.00633. The van der Waals surface area contributed by atoms with E-state index in [-0.39, 0.29) is 29.4 Å². The van der Waals surface area contributed by atoms with E-state index in [9.17, 15) is 9.59 Å². The zero-order valence-corrected chi connectivity index (χ0v) is 12.5. The lowest BCUT2D eigenvalue weighted by Crippen LogP contribution is -2.43. The number of amides is 1. The second-order valence-electron chi connectivity index (χ2n) is 6.04. The molecule has 1 saturated carbocycles. The number of carboxylic acids is 1. The molecule has 0 bridgehead atoms. The molecular weight excluding hydrogens is 286 g/mol. The first-order valence-corrected chi connectivity index (χ1v) is 7.89. The molecule has 1 aliphatic carbocycles. The van der Waals surface area contributed by atoms with Crippen molar-refractivity contribution in [2.45, 2.75) is 50.7 Å². The van der Waals surface area contributed by atoms with Crippen LogP contribution >= 0.6 is 0 Å². The third-order valence-electron chi connectivity index (χ3n) is 4.51. The van der Waals surface area contributed by atoms with Gasteiger partial charge in [-0.3, -0.25) is 4.79 Å². The molecule has 1 aromatic heterocycles. The van der Waals surface area contributed by atoms with E-state index < -0.39 is 5.97 Å². The van der Waals surface area contributed by atoms with Crippen LogP contribution in [-0.2, 0) is 4.74 Å². The number of hydrogen-bond acceptors (Lipinski definition) is 4. The Morgan fingerprint density at radius 3 is 2.59 bits per heavy atom. The molecule has 1 amide bonds. The van der Waals surface area contributed by atoms with Gasteiger partial charge in [0.1, 0.15) is 6.26 Å². The highest BCUT2D eigenvalue weighted by Crippen LogP contribution is 2.27. The number of ether oxygens (including phenoxy) is 1. The highest BCUT2D eigenvalue weighted by molar-refractivity contribution is 5.95. The maximum Gasteiger partial charge on any atom is 0.338 e. The lowest BCUT2D eigenvalue weighted by Gasteiger charge is -2.30. The minimum atomic E-state index is -1.09. The fourth-order valence-electron chi connectivity index (χ4n) is 3.32. The Kier molecular flexibility index (Phi) is 4.47. The summed E-state index contributed by atoms with van der Waals surface area (Å²) >= 11 is 0. The van der Waals surface area contributed by atoms with E-state index in [0.717, 1.165) is 51.4 Å². The molecule has 1 saturated heterocycles. The molecule has 0 spiro atoms. The third kappa shape index (κ3) is 3.16. The Hall–Kier alpha value is -1.82. The van der Waals surface area contributed by atoms with Gasteiger partial charge in [-0.25, -0.2) is 4.79 Å². The molecule has 2 fully saturated rings. The number of carbonyl (C=O) groups is 2. The lowest BCUT2D eigenvalue weighted by molar-refractivity contribution is 0.0397. The quantitative estimate of drug-likeness (QED) is 0.904.